The van der Waals surface area contributed by atoms with Crippen LogP contribution in [0.3, 0.4) is 0 Å². The second kappa shape index (κ2) is 4.79. The lowest BCUT2D eigenvalue weighted by molar-refractivity contribution is 0.298. The molecule has 0 heterocycles. The van der Waals surface area contributed by atoms with Crippen molar-refractivity contribution in [2.75, 3.05) is 13.2 Å². The van der Waals surface area contributed by atoms with Crippen LogP contribution in [0.25, 0.3) is 0 Å². The van der Waals surface area contributed by atoms with Gasteiger partial charge in [0.25, 0.3) is 0 Å². The van der Waals surface area contributed by atoms with Crippen molar-refractivity contribution in [2.24, 2.45) is 16.5 Å². The molecule has 84 valence electrons. The molecule has 0 atom stereocenters. The summed E-state index contributed by atoms with van der Waals surface area (Å²) in [5, 5.41) is 0.241. The molecule has 0 amide bonds. The monoisotopic (exact) mass is 217 g/mol. The Labute approximate surface area is 87.9 Å². The number of aliphatic imine (C=N–C) groups is 1. The molecule has 0 spiro atoms. The smallest absolute Gasteiger partial charge is 0.192 e. The first-order valence-corrected chi connectivity index (χ1v) is 7.77. The molecule has 0 unspecified atom stereocenters. The molecule has 0 rings (SSSR count). The maximum absolute atomic E-state index is 5.86. The van der Waals surface area contributed by atoms with Crippen molar-refractivity contribution in [1.82, 2.24) is 0 Å². The number of rotatable bonds is 4. The van der Waals surface area contributed by atoms with Gasteiger partial charge in [-0.25, -0.2) is 0 Å². The second-order valence-corrected chi connectivity index (χ2v) is 9.72. The summed E-state index contributed by atoms with van der Waals surface area (Å²) in [6.45, 7) is 12.2. The van der Waals surface area contributed by atoms with Crippen LogP contribution in [0.15, 0.2) is 4.99 Å². The van der Waals surface area contributed by atoms with Crippen molar-refractivity contribution in [3.63, 3.8) is 0 Å². The molecule has 0 aliphatic heterocycles. The number of nitrogens with zero attached hydrogens (tertiary/aromatic N) is 1. The van der Waals surface area contributed by atoms with E-state index in [-0.39, 0.29) is 11.0 Å². The minimum Gasteiger partial charge on any atom is -0.415 e. The van der Waals surface area contributed by atoms with Crippen molar-refractivity contribution in [2.45, 2.75) is 38.9 Å². The minimum absolute atomic E-state index is 0.129. The van der Waals surface area contributed by atoms with Gasteiger partial charge in [0.2, 0.25) is 0 Å². The van der Waals surface area contributed by atoms with E-state index in [1.54, 1.807) is 0 Å². The Balaban J connectivity index is 3.95. The molecule has 4 nitrogen and oxygen atoms in total. The summed E-state index contributed by atoms with van der Waals surface area (Å²) in [7, 11) is -1.63. The van der Waals surface area contributed by atoms with E-state index in [9.17, 15) is 0 Å². The zero-order chi connectivity index (χ0) is 11.4. The lowest BCUT2D eigenvalue weighted by Crippen LogP contribution is -2.41. The van der Waals surface area contributed by atoms with Gasteiger partial charge in [0.15, 0.2) is 14.3 Å². The number of hydrogen-bond donors (Lipinski definition) is 2. The lowest BCUT2D eigenvalue weighted by atomic mass is 10.2. The first-order chi connectivity index (χ1) is 6.17. The molecule has 0 saturated carbocycles. The van der Waals surface area contributed by atoms with Crippen molar-refractivity contribution in [3.05, 3.63) is 0 Å². The van der Waals surface area contributed by atoms with Crippen LogP contribution in [0.4, 0.5) is 0 Å². The maximum atomic E-state index is 5.86. The number of guanidine groups is 1. The Morgan fingerprint density at radius 3 is 2.14 bits per heavy atom. The molecule has 5 heteroatoms. The van der Waals surface area contributed by atoms with Crippen LogP contribution >= 0.6 is 0 Å². The summed E-state index contributed by atoms with van der Waals surface area (Å²) >= 11 is 0. The number of nitrogens with two attached hydrogens (primary N) is 2. The van der Waals surface area contributed by atoms with Crippen LogP contribution in [0.1, 0.15) is 20.8 Å². The van der Waals surface area contributed by atoms with Gasteiger partial charge in [0.05, 0.1) is 13.2 Å². The second-order valence-electron chi connectivity index (χ2n) is 4.92. The third kappa shape index (κ3) is 4.62. The molecule has 0 aromatic heterocycles. The van der Waals surface area contributed by atoms with Crippen LogP contribution in [-0.4, -0.2) is 27.4 Å². The van der Waals surface area contributed by atoms with Gasteiger partial charge in [-0.15, -0.1) is 0 Å². The highest BCUT2D eigenvalue weighted by molar-refractivity contribution is 6.74. The summed E-state index contributed by atoms with van der Waals surface area (Å²) in [5.74, 6) is 0.129. The van der Waals surface area contributed by atoms with Crippen LogP contribution in [0.5, 0.6) is 0 Å². The zero-order valence-electron chi connectivity index (χ0n) is 9.92. The summed E-state index contributed by atoms with van der Waals surface area (Å²) in [6.07, 6.45) is 0. The molecule has 0 radical (unpaired) electrons. The van der Waals surface area contributed by atoms with Gasteiger partial charge in [-0.05, 0) is 18.1 Å². The van der Waals surface area contributed by atoms with Gasteiger partial charge in [0.1, 0.15) is 0 Å². The lowest BCUT2D eigenvalue weighted by Gasteiger charge is -2.35. The Kier molecular flexibility index (Phi) is 4.60. The van der Waals surface area contributed by atoms with E-state index < -0.39 is 8.32 Å². The van der Waals surface area contributed by atoms with E-state index in [0.717, 1.165) is 0 Å². The Morgan fingerprint density at radius 2 is 1.79 bits per heavy atom. The molecule has 0 aliphatic rings. The van der Waals surface area contributed by atoms with Gasteiger partial charge in [-0.1, -0.05) is 20.8 Å². The SMILES string of the molecule is CC(C)(C)[Si](C)(C)OCCN=C(N)N. The van der Waals surface area contributed by atoms with Gasteiger partial charge in [-0.2, -0.15) is 0 Å². The highest BCUT2D eigenvalue weighted by Crippen LogP contribution is 2.36. The Bertz CT molecular complexity index is 205. The molecule has 4 N–H and O–H groups in total. The molecule has 14 heavy (non-hydrogen) atoms. The van der Waals surface area contributed by atoms with Gasteiger partial charge < -0.3 is 15.9 Å². The van der Waals surface area contributed by atoms with E-state index in [4.69, 9.17) is 15.9 Å². The third-order valence-electron chi connectivity index (χ3n) is 2.65. The first-order valence-electron chi connectivity index (χ1n) is 4.86. The molecule has 0 fully saturated rings. The normalized spacial score (nSPS) is 12.6. The average molecular weight is 217 g/mol. The molecule has 0 saturated heterocycles. The van der Waals surface area contributed by atoms with Gasteiger partial charge in [-0.3, -0.25) is 4.99 Å². The maximum Gasteiger partial charge on any atom is 0.192 e. The third-order valence-corrected chi connectivity index (χ3v) is 7.19. The topological polar surface area (TPSA) is 73.6 Å². The van der Waals surface area contributed by atoms with E-state index in [0.29, 0.717) is 13.2 Å². The fraction of sp³-hybridized carbons (Fsp3) is 0.889. The van der Waals surface area contributed by atoms with E-state index in [1.807, 2.05) is 0 Å². The predicted molar refractivity (Wildman–Crippen MR) is 63.8 cm³/mol. The van der Waals surface area contributed by atoms with Crippen molar-refractivity contribution < 1.29 is 4.43 Å². The molecule has 0 aromatic rings. The van der Waals surface area contributed by atoms with Crippen molar-refractivity contribution >= 4 is 14.3 Å². The highest BCUT2D eigenvalue weighted by atomic mass is 28.4. The minimum atomic E-state index is -1.63. The van der Waals surface area contributed by atoms with Gasteiger partial charge in [0, 0.05) is 0 Å². The zero-order valence-corrected chi connectivity index (χ0v) is 10.9. The average Bonchev–Trinajstić information content (AvgIpc) is 1.95. The summed E-state index contributed by atoms with van der Waals surface area (Å²) in [6, 6.07) is 0. The Hall–Kier alpha value is -0.553. The summed E-state index contributed by atoms with van der Waals surface area (Å²) in [4.78, 5) is 3.88. The molecule has 0 aromatic carbocycles. The predicted octanol–water partition coefficient (Wildman–Crippen LogP) is 1.28. The van der Waals surface area contributed by atoms with Crippen LogP contribution in [-0.2, 0) is 4.43 Å². The van der Waals surface area contributed by atoms with E-state index in [1.165, 1.54) is 0 Å². The van der Waals surface area contributed by atoms with Crippen molar-refractivity contribution in [3.8, 4) is 0 Å². The van der Waals surface area contributed by atoms with Crippen LogP contribution in [0.2, 0.25) is 18.1 Å². The quantitative estimate of drug-likeness (QED) is 0.322. The highest BCUT2D eigenvalue weighted by Gasteiger charge is 2.36. The molecular weight excluding hydrogens is 194 g/mol. The largest absolute Gasteiger partial charge is 0.415 e. The van der Waals surface area contributed by atoms with Crippen molar-refractivity contribution in [1.29, 1.82) is 0 Å². The summed E-state index contributed by atoms with van der Waals surface area (Å²) < 4.78 is 5.86. The van der Waals surface area contributed by atoms with Crippen LogP contribution in [0, 0.1) is 0 Å². The molecular formula is C9H23N3OSi. The summed E-state index contributed by atoms with van der Waals surface area (Å²) in [5.41, 5.74) is 10.4. The molecule has 0 aliphatic carbocycles. The number of hydrogen-bond acceptors (Lipinski definition) is 2. The fourth-order valence-corrected chi connectivity index (χ4v) is 1.73. The molecule has 0 bridgehead atoms. The fourth-order valence-electron chi connectivity index (χ4n) is 0.692. The Morgan fingerprint density at radius 1 is 1.29 bits per heavy atom. The standard InChI is InChI=1S/C9H23N3OSi/c1-9(2,3)14(4,5)13-7-6-12-8(10)11/h6-7H2,1-5H3,(H4,10,11,12). The van der Waals surface area contributed by atoms with Gasteiger partial charge >= 0.3 is 0 Å². The van der Waals surface area contributed by atoms with E-state index >= 15 is 0 Å². The van der Waals surface area contributed by atoms with Crippen LogP contribution < -0.4 is 11.5 Å². The van der Waals surface area contributed by atoms with E-state index in [2.05, 4.69) is 38.9 Å². The first kappa shape index (κ1) is 13.4.